The number of aryl methyl sites for hydroxylation is 1. The Morgan fingerprint density at radius 2 is 1.65 bits per heavy atom. The van der Waals surface area contributed by atoms with Gasteiger partial charge in [-0.1, -0.05) is 18.2 Å². The van der Waals surface area contributed by atoms with Gasteiger partial charge in [-0.3, -0.25) is 10.5 Å². The molecule has 0 radical (unpaired) electrons. The summed E-state index contributed by atoms with van der Waals surface area (Å²) in [6.45, 7) is 0.824. The van der Waals surface area contributed by atoms with E-state index in [9.17, 15) is 45.6 Å². The maximum Gasteiger partial charge on any atom is 0.251 e. The van der Waals surface area contributed by atoms with Crippen LogP contribution in [-0.4, -0.2) is 121 Å². The van der Waals surface area contributed by atoms with E-state index in [1.54, 1.807) is 49.4 Å². The Morgan fingerprint density at radius 3 is 2.33 bits per heavy atom. The summed E-state index contributed by atoms with van der Waals surface area (Å²) in [5.74, 6) is -0.271. The first-order valence-corrected chi connectivity index (χ1v) is 12.5. The largest absolute Gasteiger partial charge is 0.460 e. The molecule has 1 amide bonds. The van der Waals surface area contributed by atoms with Crippen LogP contribution in [0.1, 0.15) is 15.9 Å². The Hall–Kier alpha value is -2.73. The van der Waals surface area contributed by atoms with Gasteiger partial charge in [0.05, 0.1) is 6.61 Å². The number of carbonyl (C=O) groups is 1. The minimum Gasteiger partial charge on any atom is -0.460 e. The monoisotopic (exact) mass is 566 g/mol. The summed E-state index contributed by atoms with van der Waals surface area (Å²) >= 11 is 0. The number of ether oxygens (including phenoxy) is 3. The van der Waals surface area contributed by atoms with E-state index in [-0.39, 0.29) is 17.9 Å². The summed E-state index contributed by atoms with van der Waals surface area (Å²) in [4.78, 5) is 12.8. The number of hydrogen-bond donors (Lipinski definition) is 10. The van der Waals surface area contributed by atoms with Gasteiger partial charge in [0, 0.05) is 12.1 Å². The fourth-order valence-corrected chi connectivity index (χ4v) is 4.55. The zero-order chi connectivity index (χ0) is 29.4. The first-order chi connectivity index (χ1) is 18.8. The molecule has 0 aliphatic carbocycles. The fraction of sp³-hybridized carbons (Fsp3) is 0.500. The molecule has 0 aromatic heterocycles. The predicted molar refractivity (Wildman–Crippen MR) is 135 cm³/mol. The van der Waals surface area contributed by atoms with Crippen LogP contribution < -0.4 is 15.8 Å². The third-order valence-electron chi connectivity index (χ3n) is 7.05. The van der Waals surface area contributed by atoms with Gasteiger partial charge in [-0.15, -0.1) is 0 Å². The summed E-state index contributed by atoms with van der Waals surface area (Å²) in [5, 5.41) is 81.7. The van der Waals surface area contributed by atoms with Gasteiger partial charge in [0.15, 0.2) is 6.29 Å². The van der Waals surface area contributed by atoms with Crippen molar-refractivity contribution in [2.75, 3.05) is 13.2 Å². The number of nitrogens with two attached hydrogens (primary N) is 1. The SMILES string of the molecule is Cc1cc(-c2cccc(C(=O)NCC3OC(O)C(O)[C@@H](O)[C@@H]3O)c2)ccc1O[C@H]1O[C@H](CO)[C@@H](O)[C@H](O)[C@]1(N)O. The van der Waals surface area contributed by atoms with Crippen molar-refractivity contribution in [1.82, 2.24) is 5.32 Å². The van der Waals surface area contributed by atoms with Crippen LogP contribution in [-0.2, 0) is 9.47 Å². The standard InChI is InChI=1S/C26H34N2O12/c1-11-7-13(5-6-15(11)39-25-26(27,37)22(34)19(31)17(10-29)40-25)12-3-2-4-14(8-12)23(35)28-9-16-18(30)20(32)21(33)24(36)38-16/h2-8,16-22,24-25,29-34,36-37H,9-10,27H2,1H3,(H,28,35)/t16?,17-,18-,19-,20+,21?,22+,24?,25+,26+/m1/s1. The van der Waals surface area contributed by atoms with Crippen molar-refractivity contribution in [2.24, 2.45) is 5.73 Å². The Kier molecular flexibility index (Phi) is 9.08. The number of rotatable bonds is 7. The molecule has 40 heavy (non-hydrogen) atoms. The van der Waals surface area contributed by atoms with Crippen LogP contribution in [0.4, 0.5) is 0 Å². The van der Waals surface area contributed by atoms with Crippen LogP contribution in [0.15, 0.2) is 42.5 Å². The number of hydrogen-bond acceptors (Lipinski definition) is 13. The Morgan fingerprint density at radius 1 is 0.950 bits per heavy atom. The van der Waals surface area contributed by atoms with E-state index in [2.05, 4.69) is 5.32 Å². The molecule has 2 aromatic rings. The smallest absolute Gasteiger partial charge is 0.251 e. The number of benzene rings is 2. The number of carbonyl (C=O) groups excluding carboxylic acids is 1. The molecule has 2 saturated heterocycles. The van der Waals surface area contributed by atoms with Crippen LogP contribution >= 0.6 is 0 Å². The number of aliphatic hydroxyl groups is 8. The zero-order valence-electron chi connectivity index (χ0n) is 21.4. The van der Waals surface area contributed by atoms with E-state index in [0.717, 1.165) is 0 Å². The summed E-state index contributed by atoms with van der Waals surface area (Å²) in [7, 11) is 0. The van der Waals surface area contributed by atoms with Crippen molar-refractivity contribution in [3.63, 3.8) is 0 Å². The minimum atomic E-state index is -2.47. The summed E-state index contributed by atoms with van der Waals surface area (Å²) < 4.78 is 16.1. The first-order valence-electron chi connectivity index (χ1n) is 12.5. The molecule has 0 spiro atoms. The molecule has 14 nitrogen and oxygen atoms in total. The highest BCUT2D eigenvalue weighted by Gasteiger charge is 2.54. The molecule has 2 fully saturated rings. The van der Waals surface area contributed by atoms with Crippen molar-refractivity contribution >= 4 is 5.91 Å². The van der Waals surface area contributed by atoms with Gasteiger partial charge in [0.2, 0.25) is 12.0 Å². The predicted octanol–water partition coefficient (Wildman–Crippen LogP) is -3.34. The van der Waals surface area contributed by atoms with Gasteiger partial charge in [0.25, 0.3) is 5.91 Å². The highest BCUT2D eigenvalue weighted by Crippen LogP contribution is 2.32. The van der Waals surface area contributed by atoms with Crippen molar-refractivity contribution in [2.45, 2.75) is 68.0 Å². The van der Waals surface area contributed by atoms with Crippen molar-refractivity contribution in [3.05, 3.63) is 53.6 Å². The number of aliphatic hydroxyl groups excluding tert-OH is 7. The minimum absolute atomic E-state index is 0.240. The van der Waals surface area contributed by atoms with Gasteiger partial charge >= 0.3 is 0 Å². The van der Waals surface area contributed by atoms with E-state index in [1.807, 2.05) is 0 Å². The van der Waals surface area contributed by atoms with E-state index in [0.29, 0.717) is 16.7 Å². The van der Waals surface area contributed by atoms with Gasteiger partial charge in [0.1, 0.15) is 48.5 Å². The Bertz CT molecular complexity index is 1200. The maximum absolute atomic E-state index is 12.8. The van der Waals surface area contributed by atoms with Crippen molar-refractivity contribution < 1.29 is 59.9 Å². The molecule has 2 aliphatic heterocycles. The Labute approximate surface area is 228 Å². The van der Waals surface area contributed by atoms with Crippen LogP contribution in [0, 0.1) is 6.92 Å². The van der Waals surface area contributed by atoms with E-state index in [4.69, 9.17) is 19.9 Å². The lowest BCUT2D eigenvalue weighted by Gasteiger charge is -2.45. The van der Waals surface area contributed by atoms with Crippen molar-refractivity contribution in [3.8, 4) is 16.9 Å². The lowest BCUT2D eigenvalue weighted by atomic mass is 9.94. The summed E-state index contributed by atoms with van der Waals surface area (Å²) in [6.07, 6.45) is -14.0. The van der Waals surface area contributed by atoms with Crippen LogP contribution in [0.2, 0.25) is 0 Å². The second kappa shape index (κ2) is 12.0. The second-order valence-electron chi connectivity index (χ2n) is 9.94. The first kappa shape index (κ1) is 30.2. The van der Waals surface area contributed by atoms with Crippen LogP contribution in [0.25, 0.3) is 11.1 Å². The number of nitrogens with one attached hydrogen (secondary N) is 1. The molecule has 4 rings (SSSR count). The Balaban J connectivity index is 1.44. The van der Waals surface area contributed by atoms with Gasteiger partial charge in [-0.25, -0.2) is 0 Å². The molecule has 14 heteroatoms. The third-order valence-corrected chi connectivity index (χ3v) is 7.05. The lowest BCUT2D eigenvalue weighted by Crippen LogP contribution is -2.72. The molecule has 2 aliphatic rings. The molecule has 0 bridgehead atoms. The van der Waals surface area contributed by atoms with Crippen LogP contribution in [0.5, 0.6) is 5.75 Å². The topological polar surface area (TPSA) is 245 Å². The lowest BCUT2D eigenvalue weighted by molar-refractivity contribution is -0.319. The van der Waals surface area contributed by atoms with E-state index >= 15 is 0 Å². The second-order valence-corrected chi connectivity index (χ2v) is 9.94. The highest BCUT2D eigenvalue weighted by atomic mass is 16.7. The maximum atomic E-state index is 12.8. The fourth-order valence-electron chi connectivity index (χ4n) is 4.55. The van der Waals surface area contributed by atoms with Gasteiger partial charge < -0.3 is 60.4 Å². The molecule has 10 atom stereocenters. The molecule has 220 valence electrons. The zero-order valence-corrected chi connectivity index (χ0v) is 21.4. The molecule has 3 unspecified atom stereocenters. The van der Waals surface area contributed by atoms with E-state index in [1.165, 1.54) is 0 Å². The van der Waals surface area contributed by atoms with Gasteiger partial charge in [-0.2, -0.15) is 0 Å². The van der Waals surface area contributed by atoms with Crippen LogP contribution in [0.3, 0.4) is 0 Å². The third kappa shape index (κ3) is 5.97. The number of amides is 1. The summed E-state index contributed by atoms with van der Waals surface area (Å²) in [6, 6.07) is 11.6. The normalized spacial score (nSPS) is 36.2. The summed E-state index contributed by atoms with van der Waals surface area (Å²) in [5.41, 5.74) is 5.50. The quantitative estimate of drug-likeness (QED) is 0.148. The van der Waals surface area contributed by atoms with Gasteiger partial charge in [-0.05, 0) is 47.9 Å². The molecular weight excluding hydrogens is 532 g/mol. The molecule has 11 N–H and O–H groups in total. The highest BCUT2D eigenvalue weighted by molar-refractivity contribution is 5.95. The average Bonchev–Trinajstić information content (AvgIpc) is 2.94. The van der Waals surface area contributed by atoms with E-state index < -0.39 is 73.5 Å². The molecular formula is C26H34N2O12. The average molecular weight is 567 g/mol. The van der Waals surface area contributed by atoms with Crippen molar-refractivity contribution in [1.29, 1.82) is 0 Å². The molecule has 0 saturated carbocycles. The molecule has 2 heterocycles. The molecule has 2 aromatic carbocycles.